The van der Waals surface area contributed by atoms with Crippen molar-refractivity contribution in [1.82, 2.24) is 10.2 Å². The number of halogens is 2. The molecule has 2 aromatic rings. The van der Waals surface area contributed by atoms with Gasteiger partial charge in [-0.15, -0.1) is 0 Å². The molecule has 0 bridgehead atoms. The summed E-state index contributed by atoms with van der Waals surface area (Å²) in [6.07, 6.45) is 1.87. The molecule has 6 nitrogen and oxygen atoms in total. The normalized spacial score (nSPS) is 11.5. The van der Waals surface area contributed by atoms with Gasteiger partial charge in [0, 0.05) is 18.1 Å². The lowest BCUT2D eigenvalue weighted by Gasteiger charge is -2.29. The topological polar surface area (TPSA) is 67.9 Å². The molecule has 0 saturated heterocycles. The third kappa shape index (κ3) is 7.74. The third-order valence-corrected chi connectivity index (χ3v) is 5.61. The minimum Gasteiger partial charge on any atom is -0.497 e. The number of nitrogens with zero attached hydrogens (tertiary/aromatic N) is 1. The van der Waals surface area contributed by atoms with Gasteiger partial charge in [0.25, 0.3) is 5.91 Å². The van der Waals surface area contributed by atoms with Crippen LogP contribution in [-0.4, -0.2) is 43.0 Å². The summed E-state index contributed by atoms with van der Waals surface area (Å²) in [6.45, 7) is 4.43. The Hall–Kier alpha value is -2.25. The minimum absolute atomic E-state index is 0.192. The first-order valence-corrected chi connectivity index (χ1v) is 11.3. The summed E-state index contributed by atoms with van der Waals surface area (Å²) in [5.41, 5.74) is 0.884. The molecule has 2 amide bonds. The fraction of sp³-hybridized carbons (Fsp3) is 0.391. The van der Waals surface area contributed by atoms with E-state index in [1.807, 2.05) is 24.3 Å². The first kappa shape index (κ1) is 25.0. The van der Waals surface area contributed by atoms with Crippen molar-refractivity contribution in [2.75, 3.05) is 20.3 Å². The average molecular weight is 512 g/mol. The van der Waals surface area contributed by atoms with Crippen molar-refractivity contribution in [2.45, 2.75) is 39.3 Å². The number of hydrogen-bond acceptors (Lipinski definition) is 4. The predicted octanol–water partition coefficient (Wildman–Crippen LogP) is 4.82. The maximum Gasteiger partial charge on any atom is 0.261 e. The summed E-state index contributed by atoms with van der Waals surface area (Å²) >= 11 is 9.34. The molecule has 0 spiro atoms. The Morgan fingerprint density at radius 2 is 1.90 bits per heavy atom. The molecule has 0 heterocycles. The average Bonchev–Trinajstić information content (AvgIpc) is 2.76. The summed E-state index contributed by atoms with van der Waals surface area (Å²) in [7, 11) is 1.60. The van der Waals surface area contributed by atoms with Gasteiger partial charge in [-0.3, -0.25) is 9.59 Å². The highest BCUT2D eigenvalue weighted by Crippen LogP contribution is 2.28. The Labute approximate surface area is 197 Å². The van der Waals surface area contributed by atoms with Crippen molar-refractivity contribution in [3.63, 3.8) is 0 Å². The van der Waals surface area contributed by atoms with Gasteiger partial charge in [-0.25, -0.2) is 0 Å². The molecule has 31 heavy (non-hydrogen) atoms. The van der Waals surface area contributed by atoms with Crippen LogP contribution in [0.5, 0.6) is 11.5 Å². The van der Waals surface area contributed by atoms with E-state index >= 15 is 0 Å². The molecule has 2 aromatic carbocycles. The van der Waals surface area contributed by atoms with Gasteiger partial charge < -0.3 is 19.7 Å². The summed E-state index contributed by atoms with van der Waals surface area (Å²) < 4.78 is 11.5. The van der Waals surface area contributed by atoms with Crippen LogP contribution in [0.4, 0.5) is 0 Å². The second-order valence-corrected chi connectivity index (χ2v) is 8.34. The van der Waals surface area contributed by atoms with E-state index in [-0.39, 0.29) is 25.0 Å². The van der Waals surface area contributed by atoms with Gasteiger partial charge in [-0.1, -0.05) is 37.1 Å². The second-order valence-electron chi connectivity index (χ2n) is 7.05. The monoisotopic (exact) mass is 510 g/mol. The molecule has 1 atom stereocenters. The van der Waals surface area contributed by atoms with Crippen LogP contribution in [0.3, 0.4) is 0 Å². The Bertz CT molecular complexity index is 876. The van der Waals surface area contributed by atoms with Gasteiger partial charge in [0.05, 0.1) is 11.6 Å². The number of unbranched alkanes of at least 4 members (excludes halogenated alkanes) is 1. The highest BCUT2D eigenvalue weighted by molar-refractivity contribution is 9.10. The molecule has 0 aliphatic heterocycles. The maximum atomic E-state index is 13.1. The maximum absolute atomic E-state index is 13.1. The van der Waals surface area contributed by atoms with Gasteiger partial charge in [0.15, 0.2) is 6.61 Å². The molecular formula is C23H28BrClN2O4. The van der Waals surface area contributed by atoms with Crippen molar-refractivity contribution < 1.29 is 19.1 Å². The number of carbonyl (C=O) groups is 2. The van der Waals surface area contributed by atoms with Crippen molar-refractivity contribution >= 4 is 39.3 Å². The van der Waals surface area contributed by atoms with Crippen LogP contribution < -0.4 is 14.8 Å². The Kier molecular flexibility index (Phi) is 10.1. The Balaban J connectivity index is 2.13. The van der Waals surface area contributed by atoms with Crippen molar-refractivity contribution in [3.05, 3.63) is 57.5 Å². The summed E-state index contributed by atoms with van der Waals surface area (Å²) in [5.74, 6) is 0.740. The van der Waals surface area contributed by atoms with Crippen molar-refractivity contribution in [3.8, 4) is 11.5 Å². The zero-order valence-corrected chi connectivity index (χ0v) is 20.3. The number of benzene rings is 2. The zero-order valence-electron chi connectivity index (χ0n) is 18.0. The number of methoxy groups -OCH3 is 1. The van der Waals surface area contributed by atoms with Crippen LogP contribution in [0.2, 0.25) is 5.02 Å². The van der Waals surface area contributed by atoms with Crippen molar-refractivity contribution in [2.24, 2.45) is 0 Å². The summed E-state index contributed by atoms with van der Waals surface area (Å²) in [6, 6.07) is 11.8. The van der Waals surface area contributed by atoms with Crippen LogP contribution in [0.25, 0.3) is 0 Å². The zero-order chi connectivity index (χ0) is 22.8. The molecule has 0 radical (unpaired) electrons. The van der Waals surface area contributed by atoms with Gasteiger partial charge in [-0.05, 0) is 65.2 Å². The molecule has 0 aliphatic carbocycles. The molecule has 2 rings (SSSR count). The molecule has 0 saturated carbocycles. The minimum atomic E-state index is -0.649. The molecule has 0 aromatic heterocycles. The van der Waals surface area contributed by atoms with Gasteiger partial charge in [-0.2, -0.15) is 0 Å². The highest BCUT2D eigenvalue weighted by atomic mass is 79.9. The molecule has 8 heteroatoms. The number of ether oxygens (including phenoxy) is 2. The summed E-state index contributed by atoms with van der Waals surface area (Å²) in [4.78, 5) is 27.2. The number of amides is 2. The lowest BCUT2D eigenvalue weighted by Crippen LogP contribution is -2.49. The highest BCUT2D eigenvalue weighted by Gasteiger charge is 2.26. The molecular weight excluding hydrogens is 484 g/mol. The molecule has 1 unspecified atom stereocenters. The number of rotatable bonds is 11. The Morgan fingerprint density at radius 1 is 1.19 bits per heavy atom. The van der Waals surface area contributed by atoms with Crippen LogP contribution in [0.15, 0.2) is 46.9 Å². The van der Waals surface area contributed by atoms with E-state index in [0.717, 1.165) is 24.2 Å². The Morgan fingerprint density at radius 3 is 2.52 bits per heavy atom. The predicted molar refractivity (Wildman–Crippen MR) is 126 cm³/mol. The molecule has 168 valence electrons. The fourth-order valence-corrected chi connectivity index (χ4v) is 3.66. The first-order chi connectivity index (χ1) is 14.8. The quantitative estimate of drug-likeness (QED) is 0.439. The SMILES string of the molecule is CCCCNC(=O)C(C)N(Cc1ccc(OC)cc1)C(=O)COc1ccc(Cl)cc1Br. The van der Waals surface area contributed by atoms with E-state index in [2.05, 4.69) is 28.2 Å². The lowest BCUT2D eigenvalue weighted by atomic mass is 10.1. The smallest absolute Gasteiger partial charge is 0.261 e. The molecule has 0 fully saturated rings. The molecule has 1 N–H and O–H groups in total. The van der Waals surface area contributed by atoms with Gasteiger partial charge in [0.2, 0.25) is 5.91 Å². The third-order valence-electron chi connectivity index (χ3n) is 4.75. The fourth-order valence-electron chi connectivity index (χ4n) is 2.86. The van der Waals surface area contributed by atoms with Gasteiger partial charge in [0.1, 0.15) is 17.5 Å². The summed E-state index contributed by atoms with van der Waals surface area (Å²) in [5, 5.41) is 3.46. The van der Waals surface area contributed by atoms with E-state index in [0.29, 0.717) is 21.8 Å². The van der Waals surface area contributed by atoms with Crippen LogP contribution in [0.1, 0.15) is 32.3 Å². The van der Waals surface area contributed by atoms with Crippen LogP contribution >= 0.6 is 27.5 Å². The van der Waals surface area contributed by atoms with E-state index in [1.54, 1.807) is 32.2 Å². The van der Waals surface area contributed by atoms with Gasteiger partial charge >= 0.3 is 0 Å². The largest absolute Gasteiger partial charge is 0.497 e. The van der Waals surface area contributed by atoms with E-state index in [1.165, 1.54) is 4.90 Å². The second kappa shape index (κ2) is 12.6. The van der Waals surface area contributed by atoms with E-state index < -0.39 is 6.04 Å². The molecule has 0 aliphatic rings. The first-order valence-electron chi connectivity index (χ1n) is 10.1. The number of nitrogens with one attached hydrogen (secondary N) is 1. The van der Waals surface area contributed by atoms with Crippen LogP contribution in [0, 0.1) is 0 Å². The van der Waals surface area contributed by atoms with E-state index in [4.69, 9.17) is 21.1 Å². The number of carbonyl (C=O) groups excluding carboxylic acids is 2. The lowest BCUT2D eigenvalue weighted by molar-refractivity contribution is -0.142. The number of hydrogen-bond donors (Lipinski definition) is 1. The van der Waals surface area contributed by atoms with E-state index in [9.17, 15) is 9.59 Å². The van der Waals surface area contributed by atoms with Crippen LogP contribution in [-0.2, 0) is 16.1 Å². The standard InChI is InChI=1S/C23H28BrClN2O4/c1-4-5-12-26-23(29)16(2)27(14-17-6-9-19(30-3)10-7-17)22(28)15-31-21-11-8-18(25)13-20(21)24/h6-11,13,16H,4-5,12,14-15H2,1-3H3,(H,26,29). The van der Waals surface area contributed by atoms with Crippen molar-refractivity contribution in [1.29, 1.82) is 0 Å².